The summed E-state index contributed by atoms with van der Waals surface area (Å²) < 4.78 is 5.27. The minimum absolute atomic E-state index is 0.0763. The molecule has 1 rings (SSSR count). The number of nitrogens with one attached hydrogen (secondary N) is 2. The van der Waals surface area contributed by atoms with Gasteiger partial charge in [0.1, 0.15) is 5.82 Å². The summed E-state index contributed by atoms with van der Waals surface area (Å²) in [5.74, 6) is 5.40. The lowest BCUT2D eigenvalue weighted by atomic mass is 10.3. The number of nitrogens with zero attached hydrogens (tertiary/aromatic N) is 3. The third kappa shape index (κ3) is 7.00. The molecule has 11 N–H and O–H groups in total. The van der Waals surface area contributed by atoms with Gasteiger partial charge in [-0.2, -0.15) is 0 Å². The first-order valence-corrected chi connectivity index (χ1v) is 7.33. The Morgan fingerprint density at radius 1 is 1.39 bits per heavy atom. The zero-order chi connectivity index (χ0) is 17.1. The average molecular weight is 329 g/mol. The lowest BCUT2D eigenvalue weighted by Gasteiger charge is -2.30. The summed E-state index contributed by atoms with van der Waals surface area (Å²) in [5.41, 5.74) is 22.3. The maximum absolute atomic E-state index is 9.22. The van der Waals surface area contributed by atoms with Crippen molar-refractivity contribution in [2.24, 2.45) is 33.0 Å². The van der Waals surface area contributed by atoms with Crippen LogP contribution in [-0.4, -0.2) is 73.8 Å². The van der Waals surface area contributed by atoms with Crippen molar-refractivity contribution in [3.05, 3.63) is 11.9 Å². The van der Waals surface area contributed by atoms with Gasteiger partial charge in [0, 0.05) is 26.2 Å². The molecule has 132 valence electrons. The van der Waals surface area contributed by atoms with E-state index in [0.29, 0.717) is 32.0 Å². The normalized spacial score (nSPS) is 19.7. The quantitative estimate of drug-likeness (QED) is 0.0785. The van der Waals surface area contributed by atoms with E-state index in [1.165, 1.54) is 0 Å². The Hall–Kier alpha value is -1.60. The molecule has 11 nitrogen and oxygen atoms in total. The van der Waals surface area contributed by atoms with E-state index in [1.54, 1.807) is 6.08 Å². The number of amidine groups is 1. The molecule has 0 aliphatic carbocycles. The minimum Gasteiger partial charge on any atom is -0.384 e. The Bertz CT molecular complexity index is 432. The van der Waals surface area contributed by atoms with Crippen molar-refractivity contribution in [2.75, 3.05) is 45.9 Å². The van der Waals surface area contributed by atoms with Crippen LogP contribution in [0.15, 0.2) is 21.9 Å². The first-order valence-electron chi connectivity index (χ1n) is 7.33. The molecule has 23 heavy (non-hydrogen) atoms. The summed E-state index contributed by atoms with van der Waals surface area (Å²) in [6.07, 6.45) is 1.21. The molecule has 0 saturated carbocycles. The van der Waals surface area contributed by atoms with Crippen LogP contribution in [0.5, 0.6) is 0 Å². The molecule has 0 amide bonds. The van der Waals surface area contributed by atoms with Crippen LogP contribution in [0.4, 0.5) is 0 Å². The van der Waals surface area contributed by atoms with Crippen LogP contribution in [0.3, 0.4) is 0 Å². The van der Waals surface area contributed by atoms with Gasteiger partial charge in [-0.3, -0.25) is 31.8 Å². The summed E-state index contributed by atoms with van der Waals surface area (Å²) in [5, 5.41) is 9.22. The van der Waals surface area contributed by atoms with Gasteiger partial charge in [0.05, 0.1) is 31.6 Å². The van der Waals surface area contributed by atoms with E-state index in [9.17, 15) is 5.21 Å². The number of hydrogen-bond acceptors (Lipinski definition) is 10. The molecule has 1 aliphatic heterocycles. The highest BCUT2D eigenvalue weighted by Crippen LogP contribution is 2.02. The zero-order valence-electron chi connectivity index (χ0n) is 13.1. The molecule has 1 fully saturated rings. The molecule has 0 bridgehead atoms. The first kappa shape index (κ1) is 19.4. The van der Waals surface area contributed by atoms with Gasteiger partial charge in [0.25, 0.3) is 0 Å². The number of aliphatic imine (C=N–C) groups is 2. The number of nitrogens with two attached hydrogens (primary N) is 4. The molecule has 1 aliphatic rings. The lowest BCUT2D eigenvalue weighted by Crippen LogP contribution is -2.47. The Balaban J connectivity index is 2.77. The van der Waals surface area contributed by atoms with Crippen LogP contribution < -0.4 is 33.9 Å². The smallest absolute Gasteiger partial charge is 0.174 e. The summed E-state index contributed by atoms with van der Waals surface area (Å²) >= 11 is 0. The molecular weight excluding hydrogens is 302 g/mol. The van der Waals surface area contributed by atoms with Gasteiger partial charge < -0.3 is 21.9 Å². The standard InChI is InChI=1S/C12H27N9O2/c13-8-9(17-1-2-18-16)12(20-22)19-10(14)7-11(15)21-3-5-23-6-4-21/h7,11,18,22H,1-6,8,13-16H2,(H,19,20)/b10-7+,17-9?. The third-order valence-corrected chi connectivity index (χ3v) is 3.18. The molecule has 0 radical (unpaired) electrons. The van der Waals surface area contributed by atoms with Gasteiger partial charge in [0.2, 0.25) is 0 Å². The van der Waals surface area contributed by atoms with E-state index in [-0.39, 0.29) is 24.4 Å². The second kappa shape index (κ2) is 11.0. The van der Waals surface area contributed by atoms with Crippen molar-refractivity contribution >= 4 is 11.5 Å². The molecule has 1 atom stereocenters. The number of rotatable bonds is 8. The minimum atomic E-state index is -0.387. The van der Waals surface area contributed by atoms with Crippen molar-refractivity contribution in [1.82, 2.24) is 15.8 Å². The Kier molecular flexibility index (Phi) is 9.31. The maximum atomic E-state index is 9.22. The first-order chi connectivity index (χ1) is 11.1. The maximum Gasteiger partial charge on any atom is 0.174 e. The number of hydroxylamine groups is 1. The summed E-state index contributed by atoms with van der Waals surface area (Å²) in [6, 6.07) is 0. The molecule has 1 saturated heterocycles. The summed E-state index contributed by atoms with van der Waals surface area (Å²) in [7, 11) is 0. The largest absolute Gasteiger partial charge is 0.384 e. The molecular formula is C12H27N9O2. The number of morpholine rings is 1. The van der Waals surface area contributed by atoms with Crippen molar-refractivity contribution in [2.45, 2.75) is 6.17 Å². The predicted octanol–water partition coefficient (Wildman–Crippen LogP) is -3.36. The van der Waals surface area contributed by atoms with E-state index in [4.69, 9.17) is 27.8 Å². The van der Waals surface area contributed by atoms with Gasteiger partial charge in [-0.25, -0.2) is 4.99 Å². The fourth-order valence-corrected chi connectivity index (χ4v) is 1.97. The second-order valence-electron chi connectivity index (χ2n) is 4.79. The van der Waals surface area contributed by atoms with Crippen LogP contribution >= 0.6 is 0 Å². The van der Waals surface area contributed by atoms with Gasteiger partial charge in [-0.15, -0.1) is 0 Å². The molecule has 0 aromatic rings. The SMILES string of the molecule is NCC(=NCCNN)C(=N/C(N)=C/C(N)N1CCOCC1)NO. The highest BCUT2D eigenvalue weighted by atomic mass is 16.5. The van der Waals surface area contributed by atoms with Gasteiger partial charge in [-0.1, -0.05) is 0 Å². The van der Waals surface area contributed by atoms with Crippen molar-refractivity contribution in [3.63, 3.8) is 0 Å². The molecule has 1 heterocycles. The van der Waals surface area contributed by atoms with E-state index in [0.717, 1.165) is 13.1 Å². The average Bonchev–Trinajstić information content (AvgIpc) is 2.58. The topological polar surface area (TPSA) is 186 Å². The van der Waals surface area contributed by atoms with Gasteiger partial charge >= 0.3 is 0 Å². The van der Waals surface area contributed by atoms with Crippen LogP contribution in [0.25, 0.3) is 0 Å². The highest BCUT2D eigenvalue weighted by molar-refractivity contribution is 6.42. The van der Waals surface area contributed by atoms with Crippen molar-refractivity contribution in [1.29, 1.82) is 0 Å². The zero-order valence-corrected chi connectivity index (χ0v) is 13.1. The van der Waals surface area contributed by atoms with Crippen molar-refractivity contribution < 1.29 is 9.94 Å². The summed E-state index contributed by atoms with van der Waals surface area (Å²) in [4.78, 5) is 10.3. The predicted molar refractivity (Wildman–Crippen MR) is 88.5 cm³/mol. The molecule has 1 unspecified atom stereocenters. The van der Waals surface area contributed by atoms with Gasteiger partial charge in [-0.05, 0) is 6.08 Å². The Labute approximate surface area is 135 Å². The fourth-order valence-electron chi connectivity index (χ4n) is 1.97. The molecule has 0 aromatic heterocycles. The van der Waals surface area contributed by atoms with Crippen LogP contribution in [0, 0.1) is 0 Å². The third-order valence-electron chi connectivity index (χ3n) is 3.18. The van der Waals surface area contributed by atoms with E-state index in [2.05, 4.69) is 15.4 Å². The lowest BCUT2D eigenvalue weighted by molar-refractivity contribution is 0.0265. The monoisotopic (exact) mass is 329 g/mol. The second-order valence-corrected chi connectivity index (χ2v) is 4.79. The van der Waals surface area contributed by atoms with Crippen LogP contribution in [0.2, 0.25) is 0 Å². The number of hydrazine groups is 1. The van der Waals surface area contributed by atoms with E-state index in [1.807, 2.05) is 10.4 Å². The molecule has 11 heteroatoms. The molecule has 0 aromatic carbocycles. The molecule has 0 spiro atoms. The summed E-state index contributed by atoms with van der Waals surface area (Å²) in [6.45, 7) is 3.65. The Morgan fingerprint density at radius 2 is 2.09 bits per heavy atom. The van der Waals surface area contributed by atoms with Crippen LogP contribution in [-0.2, 0) is 4.74 Å². The van der Waals surface area contributed by atoms with Crippen LogP contribution in [0.1, 0.15) is 0 Å². The highest BCUT2D eigenvalue weighted by Gasteiger charge is 2.16. The van der Waals surface area contributed by atoms with E-state index < -0.39 is 0 Å². The Morgan fingerprint density at radius 3 is 2.65 bits per heavy atom. The van der Waals surface area contributed by atoms with Gasteiger partial charge in [0.15, 0.2) is 5.84 Å². The number of hydrogen-bond donors (Lipinski definition) is 7. The van der Waals surface area contributed by atoms with E-state index >= 15 is 0 Å². The van der Waals surface area contributed by atoms with Crippen molar-refractivity contribution in [3.8, 4) is 0 Å². The fraction of sp³-hybridized carbons (Fsp3) is 0.667. The number of ether oxygens (including phenoxy) is 1.